The van der Waals surface area contributed by atoms with E-state index < -0.39 is 11.1 Å². The summed E-state index contributed by atoms with van der Waals surface area (Å²) < 4.78 is 0. The summed E-state index contributed by atoms with van der Waals surface area (Å²) >= 11 is 0. The van der Waals surface area contributed by atoms with Crippen LogP contribution in [0.1, 0.15) is 59.7 Å². The van der Waals surface area contributed by atoms with Crippen molar-refractivity contribution in [3.05, 3.63) is 197 Å². The molecule has 0 aromatic heterocycles. The summed E-state index contributed by atoms with van der Waals surface area (Å²) in [5, 5.41) is 0. The molecule has 3 aliphatic rings. The number of nitrogens with two attached hydrogens (primary N) is 2. The summed E-state index contributed by atoms with van der Waals surface area (Å²) in [6.07, 6.45) is 0. The van der Waals surface area contributed by atoms with Crippen molar-refractivity contribution in [1.82, 2.24) is 0 Å². The zero-order chi connectivity index (χ0) is 34.7. The topological polar surface area (TPSA) is 55.3 Å². The summed E-state index contributed by atoms with van der Waals surface area (Å²) in [5.41, 5.74) is 31.5. The van der Waals surface area contributed by atoms with Crippen LogP contribution in [-0.4, -0.2) is 0 Å². The first kappa shape index (κ1) is 30.1. The summed E-state index contributed by atoms with van der Waals surface area (Å²) in [6, 6.07) is 57.8. The van der Waals surface area contributed by atoms with Crippen LogP contribution in [0.4, 0.5) is 17.1 Å². The van der Waals surface area contributed by atoms with Gasteiger partial charge in [0.2, 0.25) is 0 Å². The Morgan fingerprint density at radius 1 is 0.431 bits per heavy atom. The van der Waals surface area contributed by atoms with Gasteiger partial charge in [-0.25, -0.2) is 0 Å². The molecule has 3 aliphatic carbocycles. The number of hydrogen-bond acceptors (Lipinski definition) is 3. The van der Waals surface area contributed by atoms with Gasteiger partial charge in [-0.3, -0.25) is 0 Å². The number of nitrogens with zero attached hydrogens (tertiary/aromatic N) is 1. The van der Waals surface area contributed by atoms with Crippen molar-refractivity contribution in [2.45, 2.75) is 37.3 Å². The van der Waals surface area contributed by atoms with Gasteiger partial charge in [0.15, 0.2) is 0 Å². The van der Waals surface area contributed by atoms with E-state index in [4.69, 9.17) is 11.5 Å². The quantitative estimate of drug-likeness (QED) is 0.186. The Morgan fingerprint density at radius 3 is 1.51 bits per heavy atom. The van der Waals surface area contributed by atoms with Gasteiger partial charge in [-0.1, -0.05) is 148 Å². The van der Waals surface area contributed by atoms with Gasteiger partial charge in [0, 0.05) is 22.5 Å². The average molecular weight is 658 g/mol. The van der Waals surface area contributed by atoms with Crippen molar-refractivity contribution in [3.63, 3.8) is 0 Å². The minimum absolute atomic E-state index is 0.0317. The molecule has 0 saturated heterocycles. The lowest BCUT2D eigenvalue weighted by Crippen LogP contribution is -2.45. The summed E-state index contributed by atoms with van der Waals surface area (Å²) in [5.74, 6) is 0. The largest absolute Gasteiger partial charge is 0.310 e. The van der Waals surface area contributed by atoms with E-state index >= 15 is 0 Å². The lowest BCUT2D eigenvalue weighted by molar-refractivity contribution is 0.584. The Balaban J connectivity index is 1.26. The molecule has 0 atom stereocenters. The molecular formula is C48H39N3. The van der Waals surface area contributed by atoms with Crippen LogP contribution >= 0.6 is 0 Å². The van der Waals surface area contributed by atoms with Crippen molar-refractivity contribution >= 4 is 17.1 Å². The SMILES string of the molecule is CC(C)(C)c1ccc(N(c2ccc3c(c2)C(N)(N)c2ccccc2-3)c2cccc3c2-c2ccccc2C32c3ccccc3-c3ccccc32)cc1. The second-order valence-corrected chi connectivity index (χ2v) is 15.4. The fourth-order valence-electron chi connectivity index (χ4n) is 9.32. The molecule has 3 nitrogen and oxygen atoms in total. The smallest absolute Gasteiger partial charge is 0.118 e. The minimum Gasteiger partial charge on any atom is -0.310 e. The van der Waals surface area contributed by atoms with Gasteiger partial charge in [-0.05, 0) is 96.9 Å². The van der Waals surface area contributed by atoms with Crippen LogP contribution in [0.2, 0.25) is 0 Å². The van der Waals surface area contributed by atoms with Gasteiger partial charge in [-0.15, -0.1) is 0 Å². The van der Waals surface area contributed by atoms with Crippen LogP contribution in [-0.2, 0) is 16.5 Å². The predicted octanol–water partition coefficient (Wildman–Crippen LogP) is 10.9. The fraction of sp³-hybridized carbons (Fsp3) is 0.125. The molecule has 51 heavy (non-hydrogen) atoms. The highest BCUT2D eigenvalue weighted by Crippen LogP contribution is 2.64. The third-order valence-electron chi connectivity index (χ3n) is 11.6. The molecule has 0 amide bonds. The summed E-state index contributed by atoms with van der Waals surface area (Å²) in [4.78, 5) is 2.41. The number of hydrogen-bond donors (Lipinski definition) is 2. The van der Waals surface area contributed by atoms with Gasteiger partial charge in [0.05, 0.1) is 11.1 Å². The molecule has 0 unspecified atom stereocenters. The molecule has 0 aliphatic heterocycles. The monoisotopic (exact) mass is 657 g/mol. The lowest BCUT2D eigenvalue weighted by Gasteiger charge is -2.32. The highest BCUT2D eigenvalue weighted by atomic mass is 15.1. The zero-order valence-electron chi connectivity index (χ0n) is 29.1. The third kappa shape index (κ3) is 3.96. The molecule has 0 fully saturated rings. The van der Waals surface area contributed by atoms with E-state index in [-0.39, 0.29) is 5.41 Å². The molecule has 0 bridgehead atoms. The number of benzene rings is 7. The molecule has 7 aromatic rings. The van der Waals surface area contributed by atoms with Gasteiger partial charge in [0.1, 0.15) is 5.66 Å². The average Bonchev–Trinajstić information content (AvgIpc) is 3.71. The molecule has 0 saturated carbocycles. The van der Waals surface area contributed by atoms with Crippen LogP contribution in [0.25, 0.3) is 33.4 Å². The van der Waals surface area contributed by atoms with Crippen molar-refractivity contribution in [2.75, 3.05) is 4.90 Å². The van der Waals surface area contributed by atoms with Gasteiger partial charge >= 0.3 is 0 Å². The zero-order valence-corrected chi connectivity index (χ0v) is 29.1. The molecule has 7 aromatic carbocycles. The molecule has 10 rings (SSSR count). The molecular weight excluding hydrogens is 619 g/mol. The van der Waals surface area contributed by atoms with E-state index in [0.29, 0.717) is 0 Å². The molecule has 1 spiro atoms. The van der Waals surface area contributed by atoms with Crippen LogP contribution in [0.5, 0.6) is 0 Å². The van der Waals surface area contributed by atoms with Crippen molar-refractivity contribution in [3.8, 4) is 33.4 Å². The van der Waals surface area contributed by atoms with E-state index in [0.717, 1.165) is 39.3 Å². The van der Waals surface area contributed by atoms with Gasteiger partial charge in [-0.2, -0.15) is 0 Å². The number of fused-ring (bicyclic) bond motifs is 13. The normalized spacial score (nSPS) is 15.1. The van der Waals surface area contributed by atoms with Crippen molar-refractivity contribution in [2.24, 2.45) is 11.5 Å². The maximum atomic E-state index is 7.00. The second-order valence-electron chi connectivity index (χ2n) is 15.4. The Morgan fingerprint density at radius 2 is 0.902 bits per heavy atom. The van der Waals surface area contributed by atoms with E-state index in [9.17, 15) is 0 Å². The van der Waals surface area contributed by atoms with Crippen molar-refractivity contribution in [1.29, 1.82) is 0 Å². The molecule has 4 N–H and O–H groups in total. The Kier molecular flexibility index (Phi) is 6.14. The molecule has 246 valence electrons. The highest BCUT2D eigenvalue weighted by Gasteiger charge is 2.52. The Hall–Kier alpha value is -5.74. The van der Waals surface area contributed by atoms with Crippen LogP contribution in [0.15, 0.2) is 158 Å². The van der Waals surface area contributed by atoms with Crippen LogP contribution < -0.4 is 16.4 Å². The van der Waals surface area contributed by atoms with Crippen LogP contribution in [0, 0.1) is 0 Å². The van der Waals surface area contributed by atoms with E-state index in [1.165, 1.54) is 50.1 Å². The maximum absolute atomic E-state index is 7.00. The summed E-state index contributed by atoms with van der Waals surface area (Å²) in [7, 11) is 0. The van der Waals surface area contributed by atoms with E-state index in [2.05, 4.69) is 177 Å². The van der Waals surface area contributed by atoms with Crippen molar-refractivity contribution < 1.29 is 0 Å². The highest BCUT2D eigenvalue weighted by molar-refractivity contribution is 6.01. The van der Waals surface area contributed by atoms with Gasteiger partial charge < -0.3 is 16.4 Å². The summed E-state index contributed by atoms with van der Waals surface area (Å²) in [6.45, 7) is 6.78. The molecule has 0 radical (unpaired) electrons. The number of rotatable bonds is 3. The Labute approximate surface area is 299 Å². The molecule has 0 heterocycles. The second kappa shape index (κ2) is 10.4. The maximum Gasteiger partial charge on any atom is 0.118 e. The first-order chi connectivity index (χ1) is 24.7. The lowest BCUT2D eigenvalue weighted by atomic mass is 9.70. The molecule has 3 heteroatoms. The first-order valence-corrected chi connectivity index (χ1v) is 17.9. The van der Waals surface area contributed by atoms with E-state index in [1.807, 2.05) is 6.07 Å². The van der Waals surface area contributed by atoms with E-state index in [1.54, 1.807) is 0 Å². The minimum atomic E-state index is -1.10. The Bertz CT molecular complexity index is 2510. The van der Waals surface area contributed by atoms with Gasteiger partial charge in [0.25, 0.3) is 0 Å². The fourth-order valence-corrected chi connectivity index (χ4v) is 9.32. The van der Waals surface area contributed by atoms with Crippen LogP contribution in [0.3, 0.4) is 0 Å². The third-order valence-corrected chi connectivity index (χ3v) is 11.6. The first-order valence-electron chi connectivity index (χ1n) is 17.9. The number of anilines is 3. The predicted molar refractivity (Wildman–Crippen MR) is 211 cm³/mol. The standard InChI is InChI=1S/C48H39N3/c1-46(2,3)30-23-25-31(26-24-30)51(32-27-28-36-35-15-6-11-20-41(35)48(49,50)43(36)29-32)44-22-12-21-42-45(44)37-16-7-10-19-40(37)47(42)38-17-8-4-13-33(38)34-14-5-9-18-39(34)47/h4-29H,49-50H2,1-3H3.